The average Bonchev–Trinajstić information content (AvgIpc) is 2.38. The Morgan fingerprint density at radius 3 is 1.62 bits per heavy atom. The largest absolute Gasteiger partial charge is 0.242 e. The van der Waals surface area contributed by atoms with Crippen molar-refractivity contribution in [3.05, 3.63) is 0 Å². The van der Waals surface area contributed by atoms with Crippen molar-refractivity contribution in [2.45, 2.75) is 70.3 Å². The second kappa shape index (κ2) is 6.20. The van der Waals surface area contributed by atoms with Gasteiger partial charge in [0.2, 0.25) is 0 Å². The van der Waals surface area contributed by atoms with Gasteiger partial charge in [0.15, 0.2) is 0 Å². The molecule has 0 aromatic carbocycles. The van der Waals surface area contributed by atoms with Crippen LogP contribution in [0, 0.1) is 17.2 Å². The first-order valence-electron chi connectivity index (χ1n) is 7.03. The van der Waals surface area contributed by atoms with Crippen molar-refractivity contribution in [2.75, 3.05) is 0 Å². The predicted molar refractivity (Wildman–Crippen MR) is 67.1 cm³/mol. The summed E-state index contributed by atoms with van der Waals surface area (Å²) in [6.07, 6.45) is 13.7. The van der Waals surface area contributed by atoms with Crippen molar-refractivity contribution >= 4 is 6.01 Å². The minimum Gasteiger partial charge on any atom is -0.242 e. The van der Waals surface area contributed by atoms with Crippen LogP contribution < -0.4 is 0 Å². The highest BCUT2D eigenvalue weighted by molar-refractivity contribution is 5.36. The summed E-state index contributed by atoms with van der Waals surface area (Å²) < 4.78 is 0. The zero-order chi connectivity index (χ0) is 11.2. The molecular formula is C14H24N2. The zero-order valence-corrected chi connectivity index (χ0v) is 10.3. The normalized spacial score (nSPS) is 24.3. The Kier molecular flexibility index (Phi) is 4.59. The monoisotopic (exact) mass is 220 g/mol. The molecule has 90 valence electrons. The van der Waals surface area contributed by atoms with Crippen molar-refractivity contribution < 1.29 is 0 Å². The van der Waals surface area contributed by atoms with Crippen LogP contribution in [0.25, 0.3) is 0 Å². The van der Waals surface area contributed by atoms with E-state index < -0.39 is 0 Å². The number of hydrogen-bond acceptors (Lipinski definition) is 2. The summed E-state index contributed by atoms with van der Waals surface area (Å²) in [6, 6.07) is 2.77. The van der Waals surface area contributed by atoms with Crippen LogP contribution in [0.15, 0.2) is 4.99 Å². The van der Waals surface area contributed by atoms with Gasteiger partial charge < -0.3 is 0 Å². The van der Waals surface area contributed by atoms with Gasteiger partial charge in [0, 0.05) is 0 Å². The molecular weight excluding hydrogens is 196 g/mol. The molecule has 0 unspecified atom stereocenters. The molecule has 2 fully saturated rings. The van der Waals surface area contributed by atoms with Crippen LogP contribution in [0.5, 0.6) is 0 Å². The van der Waals surface area contributed by atoms with Crippen LogP contribution in [0.4, 0.5) is 0 Å². The number of nitrogens with one attached hydrogen (secondary N) is 1. The van der Waals surface area contributed by atoms with Crippen molar-refractivity contribution in [1.29, 1.82) is 5.41 Å². The molecule has 2 aliphatic carbocycles. The van der Waals surface area contributed by atoms with Crippen molar-refractivity contribution in [3.63, 3.8) is 0 Å². The van der Waals surface area contributed by atoms with E-state index in [2.05, 4.69) is 11.0 Å². The number of aliphatic imine (C=N–C) groups is 1. The lowest BCUT2D eigenvalue weighted by Crippen LogP contribution is -2.30. The number of nitrogens with zero attached hydrogens (tertiary/aromatic N) is 1. The van der Waals surface area contributed by atoms with E-state index in [0.29, 0.717) is 6.04 Å². The molecule has 2 nitrogen and oxygen atoms in total. The van der Waals surface area contributed by atoms with E-state index in [-0.39, 0.29) is 0 Å². The van der Waals surface area contributed by atoms with E-state index >= 15 is 0 Å². The Bertz CT molecular complexity index is 225. The van der Waals surface area contributed by atoms with Crippen molar-refractivity contribution in [3.8, 4) is 0 Å². The highest BCUT2D eigenvalue weighted by Gasteiger charge is 2.30. The SMILES string of the molecule is N=C=NC(C1CCCCC1)C1CCCCC1. The molecule has 2 saturated carbocycles. The molecule has 2 aliphatic rings. The zero-order valence-electron chi connectivity index (χ0n) is 10.3. The van der Waals surface area contributed by atoms with E-state index in [0.717, 1.165) is 11.8 Å². The summed E-state index contributed by atoms with van der Waals surface area (Å²) in [5.74, 6) is 1.52. The van der Waals surface area contributed by atoms with E-state index in [4.69, 9.17) is 5.41 Å². The first-order chi connectivity index (χ1) is 7.92. The van der Waals surface area contributed by atoms with Gasteiger partial charge in [0.25, 0.3) is 0 Å². The van der Waals surface area contributed by atoms with E-state index in [9.17, 15) is 0 Å². The first-order valence-corrected chi connectivity index (χ1v) is 7.03. The van der Waals surface area contributed by atoms with Crippen LogP contribution in [-0.2, 0) is 0 Å². The lowest BCUT2D eigenvalue weighted by atomic mass is 9.74. The first kappa shape index (κ1) is 11.9. The van der Waals surface area contributed by atoms with E-state index in [1.807, 2.05) is 0 Å². The van der Waals surface area contributed by atoms with Crippen LogP contribution in [0.1, 0.15) is 64.2 Å². The highest BCUT2D eigenvalue weighted by Crippen LogP contribution is 2.37. The van der Waals surface area contributed by atoms with Gasteiger partial charge in [0.1, 0.15) is 0 Å². The van der Waals surface area contributed by atoms with Gasteiger partial charge in [-0.2, -0.15) is 0 Å². The summed E-state index contributed by atoms with van der Waals surface area (Å²) in [5.41, 5.74) is 0. The lowest BCUT2D eigenvalue weighted by Gasteiger charge is -2.34. The molecule has 0 atom stereocenters. The molecule has 0 aliphatic heterocycles. The van der Waals surface area contributed by atoms with Crippen molar-refractivity contribution in [2.24, 2.45) is 16.8 Å². The average molecular weight is 220 g/mol. The summed E-state index contributed by atoms with van der Waals surface area (Å²) in [6.45, 7) is 0. The molecule has 16 heavy (non-hydrogen) atoms. The fourth-order valence-electron chi connectivity index (χ4n) is 3.62. The molecule has 0 bridgehead atoms. The summed E-state index contributed by atoms with van der Waals surface area (Å²) >= 11 is 0. The van der Waals surface area contributed by atoms with Gasteiger partial charge in [-0.05, 0) is 37.5 Å². The maximum Gasteiger partial charge on any atom is 0.0865 e. The summed E-state index contributed by atoms with van der Waals surface area (Å²) in [4.78, 5) is 4.39. The third-order valence-corrected chi connectivity index (χ3v) is 4.48. The molecule has 0 heterocycles. The van der Waals surface area contributed by atoms with Gasteiger partial charge in [-0.25, -0.2) is 10.4 Å². The molecule has 0 aromatic rings. The van der Waals surface area contributed by atoms with Crippen LogP contribution >= 0.6 is 0 Å². The molecule has 2 heteroatoms. The fraction of sp³-hybridized carbons (Fsp3) is 0.929. The number of rotatable bonds is 3. The second-order valence-corrected chi connectivity index (χ2v) is 5.53. The molecule has 0 amide bonds. The molecule has 0 spiro atoms. The fourth-order valence-corrected chi connectivity index (χ4v) is 3.62. The minimum atomic E-state index is 0.429. The van der Waals surface area contributed by atoms with Crippen LogP contribution in [0.3, 0.4) is 0 Å². The number of hydrogen-bond donors (Lipinski definition) is 1. The Morgan fingerprint density at radius 1 is 0.812 bits per heavy atom. The van der Waals surface area contributed by atoms with Gasteiger partial charge in [-0.3, -0.25) is 0 Å². The van der Waals surface area contributed by atoms with Gasteiger partial charge in [0.05, 0.1) is 12.1 Å². The second-order valence-electron chi connectivity index (χ2n) is 5.53. The van der Waals surface area contributed by atoms with E-state index in [1.54, 1.807) is 0 Å². The van der Waals surface area contributed by atoms with E-state index in [1.165, 1.54) is 64.2 Å². The Labute approximate surface area is 99.1 Å². The van der Waals surface area contributed by atoms with Crippen LogP contribution in [0.2, 0.25) is 0 Å². The van der Waals surface area contributed by atoms with Gasteiger partial charge in [-0.1, -0.05) is 38.5 Å². The Morgan fingerprint density at radius 2 is 1.25 bits per heavy atom. The molecule has 0 radical (unpaired) electrons. The predicted octanol–water partition coefficient (Wildman–Crippen LogP) is 4.27. The van der Waals surface area contributed by atoms with Gasteiger partial charge in [-0.15, -0.1) is 0 Å². The highest BCUT2D eigenvalue weighted by atomic mass is 14.8. The summed E-state index contributed by atoms with van der Waals surface area (Å²) in [7, 11) is 0. The Balaban J connectivity index is 1.99. The molecule has 1 N–H and O–H groups in total. The maximum absolute atomic E-state index is 7.15. The van der Waals surface area contributed by atoms with Crippen molar-refractivity contribution in [1.82, 2.24) is 0 Å². The topological polar surface area (TPSA) is 36.2 Å². The standard InChI is InChI=1S/C14H24N2/c15-11-16-14(12-7-3-1-4-8-12)13-9-5-2-6-10-13/h12-15H,1-10H2. The quantitative estimate of drug-likeness (QED) is 0.690. The lowest BCUT2D eigenvalue weighted by molar-refractivity contribution is 0.207. The van der Waals surface area contributed by atoms with Crippen LogP contribution in [-0.4, -0.2) is 12.1 Å². The molecule has 0 saturated heterocycles. The summed E-state index contributed by atoms with van der Waals surface area (Å²) in [5, 5.41) is 7.15. The third-order valence-electron chi connectivity index (χ3n) is 4.48. The molecule has 0 aromatic heterocycles. The Hall–Kier alpha value is -0.620. The minimum absolute atomic E-state index is 0.429. The van der Waals surface area contributed by atoms with Gasteiger partial charge >= 0.3 is 0 Å². The third kappa shape index (κ3) is 2.95. The molecule has 2 rings (SSSR count). The smallest absolute Gasteiger partial charge is 0.0865 e. The maximum atomic E-state index is 7.15.